The van der Waals surface area contributed by atoms with Crippen molar-refractivity contribution < 1.29 is 25.8 Å². The standard InChI is InChI=1S/C17H18ClNO6S2/c1-4-16(20)15-10-12(18)8-9-17(15)25-27(23,24)14-7-5-6-13(11-14)26(21,22)19(2)3/h5-11H,4H2,1-3H3. The SMILES string of the molecule is CCC(=O)c1cc(Cl)ccc1OS(=O)(=O)c1cccc(S(=O)(=O)N(C)C)c1. The van der Waals surface area contributed by atoms with Gasteiger partial charge in [-0.15, -0.1) is 0 Å². The molecule has 27 heavy (non-hydrogen) atoms. The molecule has 0 unspecified atom stereocenters. The van der Waals surface area contributed by atoms with Crippen LogP contribution in [0.15, 0.2) is 52.3 Å². The average Bonchev–Trinajstić information content (AvgIpc) is 2.62. The second-order valence-corrected chi connectivity index (χ2v) is 9.85. The molecule has 2 aromatic carbocycles. The van der Waals surface area contributed by atoms with E-state index in [9.17, 15) is 21.6 Å². The van der Waals surface area contributed by atoms with Crippen LogP contribution in [0.25, 0.3) is 0 Å². The largest absolute Gasteiger partial charge is 0.378 e. The van der Waals surface area contributed by atoms with Gasteiger partial charge < -0.3 is 4.18 Å². The monoisotopic (exact) mass is 431 g/mol. The molecule has 0 fully saturated rings. The molecule has 2 aromatic rings. The number of rotatable bonds is 7. The van der Waals surface area contributed by atoms with Gasteiger partial charge in [-0.1, -0.05) is 24.6 Å². The van der Waals surface area contributed by atoms with Crippen molar-refractivity contribution in [3.05, 3.63) is 53.1 Å². The van der Waals surface area contributed by atoms with Crippen LogP contribution >= 0.6 is 11.6 Å². The van der Waals surface area contributed by atoms with Crippen LogP contribution < -0.4 is 4.18 Å². The fourth-order valence-corrected chi connectivity index (χ4v) is 4.34. The summed E-state index contributed by atoms with van der Waals surface area (Å²) in [5.74, 6) is -0.515. The maximum Gasteiger partial charge on any atom is 0.339 e. The minimum Gasteiger partial charge on any atom is -0.378 e. The zero-order chi connectivity index (χ0) is 20.4. The van der Waals surface area contributed by atoms with Crippen molar-refractivity contribution in [3.8, 4) is 5.75 Å². The highest BCUT2D eigenvalue weighted by atomic mass is 35.5. The van der Waals surface area contributed by atoms with Gasteiger partial charge in [0.15, 0.2) is 11.5 Å². The van der Waals surface area contributed by atoms with Crippen molar-refractivity contribution in [2.24, 2.45) is 0 Å². The number of carbonyl (C=O) groups excluding carboxylic acids is 1. The summed E-state index contributed by atoms with van der Waals surface area (Å²) >= 11 is 5.88. The Balaban J connectivity index is 2.49. The van der Waals surface area contributed by atoms with Crippen LogP contribution in [0, 0.1) is 0 Å². The topological polar surface area (TPSA) is 97.8 Å². The van der Waals surface area contributed by atoms with Crippen LogP contribution in [-0.4, -0.2) is 41.0 Å². The zero-order valence-corrected chi connectivity index (χ0v) is 17.2. The Labute approximate surface area is 163 Å². The minimum absolute atomic E-state index is 0.0330. The molecule has 0 radical (unpaired) electrons. The van der Waals surface area contributed by atoms with E-state index in [1.54, 1.807) is 6.92 Å². The molecule has 0 N–H and O–H groups in total. The molecule has 0 spiro atoms. The predicted molar refractivity (Wildman–Crippen MR) is 101 cm³/mol. The minimum atomic E-state index is -4.38. The summed E-state index contributed by atoms with van der Waals surface area (Å²) in [5, 5.41) is 0.260. The molecule has 0 amide bonds. The van der Waals surface area contributed by atoms with Gasteiger partial charge in [-0.25, -0.2) is 12.7 Å². The summed E-state index contributed by atoms with van der Waals surface area (Å²) in [6, 6.07) is 8.79. The number of benzene rings is 2. The normalized spacial score (nSPS) is 12.2. The maximum atomic E-state index is 12.6. The molecule has 0 aliphatic carbocycles. The highest BCUT2D eigenvalue weighted by Gasteiger charge is 2.24. The third-order valence-corrected chi connectivity index (χ3v) is 6.91. The Kier molecular flexibility index (Phi) is 6.31. The van der Waals surface area contributed by atoms with E-state index < -0.39 is 20.1 Å². The Morgan fingerprint density at radius 2 is 1.67 bits per heavy atom. The van der Waals surface area contributed by atoms with E-state index in [4.69, 9.17) is 15.8 Å². The Hall–Kier alpha value is -1.94. The molecule has 0 bridgehead atoms. The fraction of sp³-hybridized carbons (Fsp3) is 0.235. The van der Waals surface area contributed by atoms with Gasteiger partial charge in [0.1, 0.15) is 4.90 Å². The van der Waals surface area contributed by atoms with Crippen LogP contribution in [0.4, 0.5) is 0 Å². The van der Waals surface area contributed by atoms with Gasteiger partial charge in [0, 0.05) is 25.5 Å². The van der Waals surface area contributed by atoms with Crippen LogP contribution in [0.1, 0.15) is 23.7 Å². The molecule has 2 rings (SSSR count). The number of Topliss-reactive ketones (excluding diaryl/α,β-unsaturated/α-hetero) is 1. The zero-order valence-electron chi connectivity index (χ0n) is 14.8. The van der Waals surface area contributed by atoms with E-state index >= 15 is 0 Å². The van der Waals surface area contributed by atoms with Crippen molar-refractivity contribution in [1.82, 2.24) is 4.31 Å². The van der Waals surface area contributed by atoms with Gasteiger partial charge in [-0.05, 0) is 36.4 Å². The van der Waals surface area contributed by atoms with Crippen molar-refractivity contribution in [1.29, 1.82) is 0 Å². The molecule has 0 aromatic heterocycles. The molecular weight excluding hydrogens is 414 g/mol. The third kappa shape index (κ3) is 4.67. The highest BCUT2D eigenvalue weighted by molar-refractivity contribution is 7.89. The van der Waals surface area contributed by atoms with Gasteiger partial charge in [0.05, 0.1) is 10.5 Å². The lowest BCUT2D eigenvalue weighted by Crippen LogP contribution is -2.22. The van der Waals surface area contributed by atoms with Gasteiger partial charge >= 0.3 is 10.1 Å². The second-order valence-electron chi connectivity index (χ2n) is 5.72. The lowest BCUT2D eigenvalue weighted by molar-refractivity contribution is 0.0986. The maximum absolute atomic E-state index is 12.6. The van der Waals surface area contributed by atoms with Gasteiger partial charge in [-0.2, -0.15) is 8.42 Å². The summed E-state index contributed by atoms with van der Waals surface area (Å²) in [5.41, 5.74) is 0.0330. The van der Waals surface area contributed by atoms with E-state index in [1.807, 2.05) is 0 Å². The number of hydrogen-bond donors (Lipinski definition) is 0. The number of nitrogens with zero attached hydrogens (tertiary/aromatic N) is 1. The Morgan fingerprint density at radius 3 is 2.26 bits per heavy atom. The molecule has 0 saturated carbocycles. The molecular formula is C17H18ClNO6S2. The summed E-state index contributed by atoms with van der Waals surface area (Å²) in [6.07, 6.45) is 0.132. The lowest BCUT2D eigenvalue weighted by Gasteiger charge is -2.14. The summed E-state index contributed by atoms with van der Waals surface area (Å²) < 4.78 is 55.8. The Bertz CT molecular complexity index is 1080. The average molecular weight is 432 g/mol. The van der Waals surface area contributed by atoms with Crippen LogP contribution in [0.3, 0.4) is 0 Å². The van der Waals surface area contributed by atoms with E-state index in [0.29, 0.717) is 0 Å². The first-order valence-corrected chi connectivity index (χ1v) is 11.0. The number of ketones is 1. The summed E-state index contributed by atoms with van der Waals surface area (Å²) in [4.78, 5) is 11.5. The van der Waals surface area contributed by atoms with Gasteiger partial charge in [0.25, 0.3) is 0 Å². The molecule has 0 atom stereocenters. The molecule has 7 nitrogen and oxygen atoms in total. The lowest BCUT2D eigenvalue weighted by atomic mass is 10.1. The number of carbonyl (C=O) groups is 1. The van der Waals surface area contributed by atoms with Gasteiger partial charge in [0.2, 0.25) is 10.0 Å². The Morgan fingerprint density at radius 1 is 1.04 bits per heavy atom. The van der Waals surface area contributed by atoms with E-state index in [2.05, 4.69) is 0 Å². The van der Waals surface area contributed by atoms with Crippen LogP contribution in [-0.2, 0) is 20.1 Å². The highest BCUT2D eigenvalue weighted by Crippen LogP contribution is 2.28. The molecule has 0 aliphatic heterocycles. The van der Waals surface area contributed by atoms with E-state index in [-0.39, 0.29) is 38.3 Å². The van der Waals surface area contributed by atoms with E-state index in [0.717, 1.165) is 10.4 Å². The molecule has 0 saturated heterocycles. The van der Waals surface area contributed by atoms with Crippen molar-refractivity contribution in [2.45, 2.75) is 23.1 Å². The second kappa shape index (κ2) is 7.97. The molecule has 0 heterocycles. The number of hydrogen-bond acceptors (Lipinski definition) is 6. The first-order chi connectivity index (χ1) is 12.5. The third-order valence-electron chi connectivity index (χ3n) is 3.64. The van der Waals surface area contributed by atoms with Crippen LogP contribution in [0.5, 0.6) is 5.75 Å². The smallest absolute Gasteiger partial charge is 0.339 e. The summed E-state index contributed by atoms with van der Waals surface area (Å²) in [6.45, 7) is 1.62. The quantitative estimate of drug-likeness (QED) is 0.493. The number of sulfonamides is 1. The van der Waals surface area contributed by atoms with Gasteiger partial charge in [-0.3, -0.25) is 4.79 Å². The molecule has 146 valence electrons. The number of halogens is 1. The molecule has 10 heteroatoms. The predicted octanol–water partition coefficient (Wildman–Crippen LogP) is 2.95. The van der Waals surface area contributed by atoms with Crippen LogP contribution in [0.2, 0.25) is 5.02 Å². The first kappa shape index (κ1) is 21.4. The van der Waals surface area contributed by atoms with Crippen molar-refractivity contribution in [2.75, 3.05) is 14.1 Å². The fourth-order valence-electron chi connectivity index (χ4n) is 2.15. The van der Waals surface area contributed by atoms with Crippen molar-refractivity contribution >= 4 is 37.5 Å². The van der Waals surface area contributed by atoms with E-state index in [1.165, 1.54) is 50.5 Å². The molecule has 0 aliphatic rings. The van der Waals surface area contributed by atoms with Crippen molar-refractivity contribution in [3.63, 3.8) is 0 Å². The summed E-state index contributed by atoms with van der Waals surface area (Å²) in [7, 11) is -5.53. The first-order valence-electron chi connectivity index (χ1n) is 7.79.